The monoisotopic (exact) mass is 1780 g/mol. The van der Waals surface area contributed by atoms with Crippen molar-refractivity contribution in [2.24, 2.45) is 0 Å². The van der Waals surface area contributed by atoms with Crippen LogP contribution in [-0.2, 0) is 6.54 Å². The van der Waals surface area contributed by atoms with Gasteiger partial charge in [0.05, 0.1) is 63.7 Å². The number of anilines is 5. The van der Waals surface area contributed by atoms with Gasteiger partial charge < -0.3 is 57.4 Å². The summed E-state index contributed by atoms with van der Waals surface area (Å²) in [6, 6.07) is 56.0. The molecule has 30 heteroatoms. The largest absolute Gasteiger partial charge is 0.394 e. The molecule has 5 aliphatic rings. The maximum absolute atomic E-state index is 13.4. The van der Waals surface area contributed by atoms with E-state index in [9.17, 15) is 18.3 Å². The van der Waals surface area contributed by atoms with Crippen LogP contribution >= 0.6 is 11.6 Å². The third-order valence-corrected chi connectivity index (χ3v) is 22.6. The Morgan fingerprint density at radius 2 is 0.677 bits per heavy atom. The second kappa shape index (κ2) is 47.9. The summed E-state index contributed by atoms with van der Waals surface area (Å²) in [4.78, 5) is 25.2. The van der Waals surface area contributed by atoms with Crippen LogP contribution in [-0.4, -0.2) is 197 Å². The summed E-state index contributed by atoms with van der Waals surface area (Å²) >= 11 is 6.02. The Morgan fingerprint density at radius 1 is 0.362 bits per heavy atom. The zero-order chi connectivity index (χ0) is 85.5. The van der Waals surface area contributed by atoms with Crippen LogP contribution in [0.4, 0.5) is 42.3 Å². The number of aromatic amines is 4. The average Bonchev–Trinajstić information content (AvgIpc) is 1.61. The van der Waals surface area contributed by atoms with Crippen molar-refractivity contribution in [3.63, 3.8) is 0 Å². The van der Waals surface area contributed by atoms with Crippen LogP contribution in [0.15, 0.2) is 244 Å². The van der Waals surface area contributed by atoms with E-state index in [1.54, 1.807) is 86.0 Å². The quantitative estimate of drug-likeness (QED) is 0.0315. The first-order valence-corrected chi connectivity index (χ1v) is 42.5. The molecule has 20 rings (SSSR count). The molecule has 2 atom stereocenters. The Labute approximate surface area is 764 Å². The predicted octanol–water partition coefficient (Wildman–Crippen LogP) is 17.9. The molecule has 130 heavy (non-hydrogen) atoms. The van der Waals surface area contributed by atoms with E-state index in [2.05, 4.69) is 124 Å². The highest BCUT2D eigenvalue weighted by atomic mass is 35.5. The third kappa shape index (κ3) is 24.0. The van der Waals surface area contributed by atoms with Crippen molar-refractivity contribution >= 4 is 40.7 Å². The van der Waals surface area contributed by atoms with Gasteiger partial charge in [0.15, 0.2) is 23.3 Å². The molecule has 0 bridgehead atoms. The highest BCUT2D eigenvalue weighted by Crippen LogP contribution is 2.44. The SMILES string of the molecule is C.C.C.C.C.C#Cc1ccc(-c2[nH]nc(N3CCNCC3)c2-c2ccncc2)cc1.Clc1ccc(-c2[nH]nc(NC3CCNC3)c2-c2ccncc2)cc1.Fc1ccc(-c2[nH]nc(NC3CCNC3)c2-c2ccncc2)cc1.Fc1ccc(-c2[nH]nc(NC3CCNCC3)c2-c2ccncc2)cc1.OCCn1nc(-c2ccc(F)cc2)c(-c2ccncc2)c1N1CCNCC1. The number of terminal acetylenes is 1. The number of piperazine rings is 2. The van der Waals surface area contributed by atoms with Gasteiger partial charge in [0.25, 0.3) is 0 Å². The molecule has 2 unspecified atom stereocenters. The van der Waals surface area contributed by atoms with Gasteiger partial charge in [0, 0.05) is 184 Å². The molecule has 0 aliphatic carbocycles. The second-order valence-corrected chi connectivity index (χ2v) is 30.9. The standard InChI is InChI=1S/C20H22FN5O.C20H19N5.C19H20FN5.C18H18ClN5.C18H18FN5.5CH4/c21-17-3-1-16(2-4-17)19-18(15-5-7-22-8-6-15)20(26(24-19)13-14-27)25-11-9-23-10-12-25;1-2-15-3-5-17(6-4-15)19-18(16-7-9-21-10-8-16)20(24-23-19)25-13-11-22-12-14-25;20-15-3-1-14(2-4-15)18-17(13-5-9-21-10-6-13)19(25-24-18)23-16-7-11-22-12-8-16;2*19-14-3-1-13(2-4-14)17-16(12-5-8-20-9-6-12)18(24-23-17)22-15-7-10-21-11-15;;;;;/h1-8,23,27H,9-14H2;1,3-10,22H,11-14H2,(H,23,24);1-6,9-10,16,22H,7-8,11-12H2,(H2,23,24,25);2*1-6,8-9,15,21H,7,10-11H2,(H2,22,23,24);5*1H4. The number of piperidine rings is 1. The van der Waals surface area contributed by atoms with Crippen LogP contribution in [0.25, 0.3) is 112 Å². The van der Waals surface area contributed by atoms with Crippen molar-refractivity contribution in [3.05, 3.63) is 272 Å². The molecule has 0 radical (unpaired) electrons. The van der Waals surface area contributed by atoms with Gasteiger partial charge in [-0.15, -0.1) is 6.42 Å². The molecule has 15 aromatic rings. The number of aliphatic hydroxyl groups is 1. The number of hydrogen-bond donors (Lipinski definition) is 13. The fourth-order valence-electron chi connectivity index (χ4n) is 16.0. The van der Waals surface area contributed by atoms with Crippen LogP contribution in [0.1, 0.15) is 68.4 Å². The average molecular weight is 1780 g/mol. The minimum absolute atomic E-state index is 0. The first kappa shape index (κ1) is 96.9. The number of aliphatic hydroxyl groups excluding tert-OH is 1. The number of nitrogens with zero attached hydrogens (tertiary/aromatic N) is 13. The fourth-order valence-corrected chi connectivity index (χ4v) is 16.1. The summed E-state index contributed by atoms with van der Waals surface area (Å²) < 4.78 is 41.8. The van der Waals surface area contributed by atoms with Crippen molar-refractivity contribution < 1.29 is 18.3 Å². The van der Waals surface area contributed by atoms with Gasteiger partial charge in [-0.05, 0) is 237 Å². The first-order valence-electron chi connectivity index (χ1n) is 42.1. The normalized spacial score (nSPS) is 15.0. The molecule has 13 N–H and O–H groups in total. The molecule has 0 amide bonds. The van der Waals surface area contributed by atoms with Crippen molar-refractivity contribution in [3.8, 4) is 124 Å². The number of nitrogens with one attached hydrogen (secondary N) is 12. The predicted molar refractivity (Wildman–Crippen MR) is 523 cm³/mol. The van der Waals surface area contributed by atoms with Crippen LogP contribution < -0.4 is 52.3 Å². The topological polar surface area (TPSA) is 320 Å². The lowest BCUT2D eigenvalue weighted by molar-refractivity contribution is 0.269. The lowest BCUT2D eigenvalue weighted by Gasteiger charge is -2.30. The zero-order valence-electron chi connectivity index (χ0n) is 68.8. The summed E-state index contributed by atoms with van der Waals surface area (Å²) in [5, 5.41) is 73.4. The molecular formula is C100H117ClF3N25O. The van der Waals surface area contributed by atoms with Gasteiger partial charge in [0.1, 0.15) is 29.0 Å². The van der Waals surface area contributed by atoms with Crippen molar-refractivity contribution in [1.29, 1.82) is 0 Å². The first-order chi connectivity index (χ1) is 61.6. The molecule has 0 spiro atoms. The molecular weight excluding hydrogens is 1660 g/mol. The highest BCUT2D eigenvalue weighted by molar-refractivity contribution is 6.30. The fraction of sp³-hybridized carbons (Fsp3) is 0.280. The van der Waals surface area contributed by atoms with E-state index in [1.165, 1.54) is 36.4 Å². The lowest BCUT2D eigenvalue weighted by Crippen LogP contribution is -2.44. The Bertz CT molecular complexity index is 5770. The smallest absolute Gasteiger partial charge is 0.159 e. The maximum atomic E-state index is 13.4. The number of H-pyrrole nitrogens is 4. The summed E-state index contributed by atoms with van der Waals surface area (Å²) in [6.07, 6.45) is 27.6. The number of halogens is 4. The van der Waals surface area contributed by atoms with E-state index in [1.807, 2.05) is 126 Å². The van der Waals surface area contributed by atoms with Crippen molar-refractivity contribution in [2.45, 2.75) is 87.5 Å². The highest BCUT2D eigenvalue weighted by Gasteiger charge is 2.30. The third-order valence-electron chi connectivity index (χ3n) is 22.3. The Hall–Kier alpha value is -13.7. The van der Waals surface area contributed by atoms with Gasteiger partial charge in [-0.3, -0.25) is 45.3 Å². The van der Waals surface area contributed by atoms with E-state index in [4.69, 9.17) is 23.1 Å². The second-order valence-electron chi connectivity index (χ2n) is 30.5. The summed E-state index contributed by atoms with van der Waals surface area (Å²) in [7, 11) is 0. The van der Waals surface area contributed by atoms with Gasteiger partial charge in [-0.25, -0.2) is 17.9 Å². The number of rotatable bonds is 20. The minimum Gasteiger partial charge on any atom is -0.394 e. The van der Waals surface area contributed by atoms with E-state index < -0.39 is 0 Å². The number of hydrogen-bond acceptors (Lipinski definition) is 21. The summed E-state index contributed by atoms with van der Waals surface area (Å²) in [6.45, 7) is 13.7. The molecule has 676 valence electrons. The minimum atomic E-state index is -0.277. The van der Waals surface area contributed by atoms with Crippen molar-refractivity contribution in [2.75, 3.05) is 124 Å². The molecule has 5 aromatic carbocycles. The molecule has 26 nitrogen and oxygen atoms in total. The van der Waals surface area contributed by atoms with Crippen LogP contribution in [0, 0.1) is 29.8 Å². The molecule has 10 aromatic heterocycles. The molecule has 5 saturated heterocycles. The van der Waals surface area contributed by atoms with Crippen LogP contribution in [0.3, 0.4) is 0 Å². The van der Waals surface area contributed by atoms with Crippen LogP contribution in [0.5, 0.6) is 0 Å². The van der Waals surface area contributed by atoms with E-state index in [-0.39, 0.29) is 61.2 Å². The van der Waals surface area contributed by atoms with Gasteiger partial charge >= 0.3 is 0 Å². The number of pyridine rings is 5. The summed E-state index contributed by atoms with van der Waals surface area (Å²) in [5.41, 5.74) is 20.5. The van der Waals surface area contributed by atoms with Crippen LogP contribution in [0.2, 0.25) is 5.02 Å². The Morgan fingerprint density at radius 3 is 1.05 bits per heavy atom. The maximum Gasteiger partial charge on any atom is 0.159 e. The van der Waals surface area contributed by atoms with E-state index in [0.717, 1.165) is 269 Å². The molecule has 0 saturated carbocycles. The lowest BCUT2D eigenvalue weighted by atomic mass is 10.0. The zero-order valence-corrected chi connectivity index (χ0v) is 69.6. The van der Waals surface area contributed by atoms with Gasteiger partial charge in [-0.1, -0.05) is 78.9 Å². The Kier molecular flexibility index (Phi) is 35.7. The van der Waals surface area contributed by atoms with E-state index >= 15 is 0 Å². The van der Waals surface area contributed by atoms with Crippen molar-refractivity contribution in [1.82, 2.24) is 102 Å². The molecule has 5 aliphatic heterocycles. The van der Waals surface area contributed by atoms with Gasteiger partial charge in [-0.2, -0.15) is 25.5 Å². The molecule has 15 heterocycles. The Balaban J connectivity index is 0.000000156. The molecule has 5 fully saturated rings. The number of aromatic nitrogens is 15. The van der Waals surface area contributed by atoms with E-state index in [0.29, 0.717) is 24.7 Å². The van der Waals surface area contributed by atoms with Gasteiger partial charge in [0.2, 0.25) is 0 Å². The summed E-state index contributed by atoms with van der Waals surface area (Å²) in [5.74, 6) is 6.38. The number of benzene rings is 5.